The third kappa shape index (κ3) is 4.05. The van der Waals surface area contributed by atoms with E-state index in [9.17, 15) is 18.0 Å². The zero-order chi connectivity index (χ0) is 18.7. The third-order valence-electron chi connectivity index (χ3n) is 3.61. The molecule has 0 aliphatic carbocycles. The number of hydrogen-bond donors (Lipinski definition) is 2. The van der Waals surface area contributed by atoms with Crippen LogP contribution in [0.4, 0.5) is 23.7 Å². The fourth-order valence-corrected chi connectivity index (χ4v) is 2.41. The van der Waals surface area contributed by atoms with Crippen molar-refractivity contribution >= 4 is 11.7 Å². The van der Waals surface area contributed by atoms with Gasteiger partial charge in [0.05, 0.1) is 6.20 Å². The van der Waals surface area contributed by atoms with Crippen molar-refractivity contribution in [1.82, 2.24) is 14.9 Å². The van der Waals surface area contributed by atoms with Crippen LogP contribution in [0.5, 0.6) is 0 Å². The molecule has 0 spiro atoms. The van der Waals surface area contributed by atoms with E-state index in [-0.39, 0.29) is 5.56 Å². The first kappa shape index (κ1) is 17.6. The van der Waals surface area contributed by atoms with Gasteiger partial charge in [-0.1, -0.05) is 0 Å². The molecule has 0 aliphatic heterocycles. The van der Waals surface area contributed by atoms with E-state index < -0.39 is 18.2 Å². The molecular weight excluding hydrogens is 349 g/mol. The van der Waals surface area contributed by atoms with Crippen LogP contribution in [0.25, 0.3) is 11.5 Å². The average molecular weight is 364 g/mol. The van der Waals surface area contributed by atoms with E-state index in [0.717, 1.165) is 0 Å². The lowest BCUT2D eigenvalue weighted by atomic mass is 10.1. The van der Waals surface area contributed by atoms with Gasteiger partial charge in [-0.2, -0.15) is 13.2 Å². The number of amides is 2. The van der Waals surface area contributed by atoms with Gasteiger partial charge < -0.3 is 19.6 Å². The highest BCUT2D eigenvalue weighted by atomic mass is 19.4. The summed E-state index contributed by atoms with van der Waals surface area (Å²) < 4.78 is 46.4. The fourth-order valence-electron chi connectivity index (χ4n) is 2.41. The van der Waals surface area contributed by atoms with Crippen molar-refractivity contribution in [3.63, 3.8) is 0 Å². The molecule has 26 heavy (non-hydrogen) atoms. The zero-order valence-electron chi connectivity index (χ0n) is 13.6. The van der Waals surface area contributed by atoms with Gasteiger partial charge >= 0.3 is 12.2 Å². The number of carbonyl (C=O) groups is 1. The largest absolute Gasteiger partial charge is 0.445 e. The van der Waals surface area contributed by atoms with E-state index >= 15 is 0 Å². The lowest BCUT2D eigenvalue weighted by molar-refractivity contribution is -0.154. The second-order valence-corrected chi connectivity index (χ2v) is 5.60. The second-order valence-electron chi connectivity index (χ2n) is 5.60. The van der Waals surface area contributed by atoms with Crippen molar-refractivity contribution in [1.29, 1.82) is 0 Å². The Bertz CT molecular complexity index is 870. The van der Waals surface area contributed by atoms with Crippen LogP contribution < -0.4 is 10.6 Å². The van der Waals surface area contributed by atoms with Gasteiger partial charge in [-0.15, -0.1) is 0 Å². The molecule has 2 N–H and O–H groups in total. The van der Waals surface area contributed by atoms with Crippen LogP contribution in [-0.4, -0.2) is 21.8 Å². The summed E-state index contributed by atoms with van der Waals surface area (Å²) in [6.45, 7) is 0. The van der Waals surface area contributed by atoms with Gasteiger partial charge in [0.2, 0.25) is 5.89 Å². The maximum Gasteiger partial charge on any atom is 0.412 e. The number of carbonyl (C=O) groups excluding carboxylic acids is 1. The summed E-state index contributed by atoms with van der Waals surface area (Å²) in [6.07, 6.45) is 1.09. The number of nitrogens with one attached hydrogen (secondary N) is 2. The van der Waals surface area contributed by atoms with Crippen LogP contribution in [0, 0.1) is 0 Å². The summed E-state index contributed by atoms with van der Waals surface area (Å²) in [7, 11) is 1.60. The molecule has 2 heterocycles. The Morgan fingerprint density at radius 2 is 1.96 bits per heavy atom. The van der Waals surface area contributed by atoms with Crippen molar-refractivity contribution < 1.29 is 22.4 Å². The van der Waals surface area contributed by atoms with E-state index in [1.54, 1.807) is 31.3 Å². The first-order chi connectivity index (χ1) is 12.3. The SMILES string of the molecule is Cn1ccc([C@H](NC(=O)Nc2ccc(-c3ncco3)cc2)C(F)(F)F)c1. The minimum absolute atomic E-state index is 0.0469. The number of aryl methyl sites for hydroxylation is 1. The molecule has 0 saturated carbocycles. The molecule has 1 atom stereocenters. The Morgan fingerprint density at radius 1 is 1.23 bits per heavy atom. The molecular formula is C17H15F3N4O2. The highest BCUT2D eigenvalue weighted by Gasteiger charge is 2.42. The maximum absolute atomic E-state index is 13.3. The highest BCUT2D eigenvalue weighted by molar-refractivity contribution is 5.89. The molecule has 2 aromatic heterocycles. The van der Waals surface area contributed by atoms with E-state index in [4.69, 9.17) is 4.42 Å². The van der Waals surface area contributed by atoms with Crippen molar-refractivity contribution in [3.8, 4) is 11.5 Å². The predicted octanol–water partition coefficient (Wildman–Crippen LogP) is 4.11. The van der Waals surface area contributed by atoms with Crippen molar-refractivity contribution in [3.05, 3.63) is 60.7 Å². The number of oxazole rings is 1. The molecule has 2 amide bonds. The van der Waals surface area contributed by atoms with Gasteiger partial charge in [0.1, 0.15) is 6.26 Å². The molecule has 0 fully saturated rings. The highest BCUT2D eigenvalue weighted by Crippen LogP contribution is 2.32. The Balaban J connectivity index is 1.68. The maximum atomic E-state index is 13.3. The number of urea groups is 1. The number of alkyl halides is 3. The Hall–Kier alpha value is -3.23. The number of rotatable bonds is 4. The molecule has 0 bridgehead atoms. The molecule has 0 unspecified atom stereocenters. The first-order valence-corrected chi connectivity index (χ1v) is 7.59. The quantitative estimate of drug-likeness (QED) is 0.732. The number of anilines is 1. The normalized spacial score (nSPS) is 12.6. The summed E-state index contributed by atoms with van der Waals surface area (Å²) in [4.78, 5) is 16.0. The topological polar surface area (TPSA) is 72.1 Å². The van der Waals surface area contributed by atoms with Crippen LogP contribution in [0.2, 0.25) is 0 Å². The summed E-state index contributed by atoms with van der Waals surface area (Å²) in [5.41, 5.74) is 0.972. The van der Waals surface area contributed by atoms with Gasteiger partial charge in [-0.25, -0.2) is 9.78 Å². The van der Waals surface area contributed by atoms with Gasteiger partial charge in [-0.05, 0) is 30.3 Å². The fraction of sp³-hybridized carbons (Fsp3) is 0.176. The molecule has 6 nitrogen and oxygen atoms in total. The average Bonchev–Trinajstić information content (AvgIpc) is 3.24. The van der Waals surface area contributed by atoms with Gasteiger partial charge in [0.25, 0.3) is 0 Å². The lowest BCUT2D eigenvalue weighted by Gasteiger charge is -2.21. The molecule has 136 valence electrons. The molecule has 0 radical (unpaired) electrons. The van der Waals surface area contributed by atoms with E-state index in [1.807, 2.05) is 5.32 Å². The Labute approximate surface area is 146 Å². The summed E-state index contributed by atoms with van der Waals surface area (Å²) in [5.74, 6) is 0.405. The number of nitrogens with zero attached hydrogens (tertiary/aromatic N) is 2. The predicted molar refractivity (Wildman–Crippen MR) is 88.3 cm³/mol. The summed E-state index contributed by atoms with van der Waals surface area (Å²) >= 11 is 0. The summed E-state index contributed by atoms with van der Waals surface area (Å²) in [5, 5.41) is 4.34. The van der Waals surface area contributed by atoms with Crippen LogP contribution in [0.15, 0.2) is 59.6 Å². The molecule has 3 aromatic rings. The lowest BCUT2D eigenvalue weighted by Crippen LogP contribution is -2.40. The minimum Gasteiger partial charge on any atom is -0.445 e. The van der Waals surface area contributed by atoms with Gasteiger partial charge in [0, 0.05) is 36.3 Å². The third-order valence-corrected chi connectivity index (χ3v) is 3.61. The monoisotopic (exact) mass is 364 g/mol. The van der Waals surface area contributed by atoms with Crippen LogP contribution in [0.3, 0.4) is 0 Å². The molecule has 1 aromatic carbocycles. The first-order valence-electron chi connectivity index (χ1n) is 7.59. The second kappa shape index (κ2) is 6.95. The van der Waals surface area contributed by atoms with E-state index in [0.29, 0.717) is 17.1 Å². The summed E-state index contributed by atoms with van der Waals surface area (Å²) in [6, 6.07) is 4.62. The van der Waals surface area contributed by atoms with Crippen LogP contribution >= 0.6 is 0 Å². The molecule has 0 aliphatic rings. The van der Waals surface area contributed by atoms with Crippen molar-refractivity contribution in [2.45, 2.75) is 12.2 Å². The molecule has 9 heteroatoms. The number of benzene rings is 1. The number of halogens is 3. The van der Waals surface area contributed by atoms with E-state index in [1.165, 1.54) is 35.5 Å². The number of aromatic nitrogens is 2. The van der Waals surface area contributed by atoms with E-state index in [2.05, 4.69) is 10.3 Å². The van der Waals surface area contributed by atoms with Crippen molar-refractivity contribution in [2.75, 3.05) is 5.32 Å². The standard InChI is InChI=1S/C17H15F3N4O2/c1-24-8-6-12(10-24)14(17(18,19)20)23-16(25)22-13-4-2-11(3-5-13)15-21-7-9-26-15/h2-10,14H,1H3,(H2,22,23,25)/t14-/m0/s1. The zero-order valence-corrected chi connectivity index (χ0v) is 13.6. The van der Waals surface area contributed by atoms with Gasteiger partial charge in [-0.3, -0.25) is 0 Å². The Kier molecular flexibility index (Phi) is 4.70. The molecule has 0 saturated heterocycles. The minimum atomic E-state index is -4.62. The Morgan fingerprint density at radius 3 is 2.50 bits per heavy atom. The number of hydrogen-bond acceptors (Lipinski definition) is 3. The van der Waals surface area contributed by atoms with Gasteiger partial charge in [0.15, 0.2) is 6.04 Å². The smallest absolute Gasteiger partial charge is 0.412 e. The van der Waals surface area contributed by atoms with Crippen LogP contribution in [0.1, 0.15) is 11.6 Å². The molecule has 3 rings (SSSR count). The van der Waals surface area contributed by atoms with Crippen molar-refractivity contribution in [2.24, 2.45) is 7.05 Å². The van der Waals surface area contributed by atoms with Crippen LogP contribution in [-0.2, 0) is 7.05 Å².